The molecule has 0 aliphatic carbocycles. The number of hydrogen-bond acceptors (Lipinski definition) is 2. The van der Waals surface area contributed by atoms with Crippen LogP contribution in [0.2, 0.25) is 5.02 Å². The Morgan fingerprint density at radius 1 is 1.28 bits per heavy atom. The minimum absolute atomic E-state index is 0.211. The summed E-state index contributed by atoms with van der Waals surface area (Å²) in [5.74, 6) is 1.13. The highest BCUT2D eigenvalue weighted by molar-refractivity contribution is 6.30. The van der Waals surface area contributed by atoms with Crippen LogP contribution in [0.15, 0.2) is 18.3 Å². The summed E-state index contributed by atoms with van der Waals surface area (Å²) < 4.78 is 5.48. The zero-order valence-corrected chi connectivity index (χ0v) is 12.2. The summed E-state index contributed by atoms with van der Waals surface area (Å²) in [5, 5.41) is 0.707. The number of nitrogens with zero attached hydrogens (tertiary/aromatic N) is 1. The highest BCUT2D eigenvalue weighted by atomic mass is 35.5. The molecule has 1 saturated heterocycles. The average molecular weight is 268 g/mol. The van der Waals surface area contributed by atoms with Gasteiger partial charge in [0, 0.05) is 31.0 Å². The number of halogens is 1. The van der Waals surface area contributed by atoms with E-state index in [1.807, 2.05) is 6.07 Å². The standard InChI is InChI=1S/C15H22ClNO/c1-15(2,3)14(11-6-8-18-9-7-11)13-5-4-12(16)10-17-13/h4-5,10-11,14H,6-9H2,1-3H3/t14-/m0/s1. The number of ether oxygens (including phenoxy) is 1. The Kier molecular flexibility index (Phi) is 4.29. The first kappa shape index (κ1) is 13.8. The lowest BCUT2D eigenvalue weighted by molar-refractivity contribution is 0.0411. The molecule has 2 nitrogen and oxygen atoms in total. The monoisotopic (exact) mass is 267 g/mol. The van der Waals surface area contributed by atoms with Crippen molar-refractivity contribution in [2.24, 2.45) is 11.3 Å². The third-order valence-electron chi connectivity index (χ3n) is 3.74. The Bertz CT molecular complexity index is 376. The summed E-state index contributed by atoms with van der Waals surface area (Å²) in [6.45, 7) is 8.64. The van der Waals surface area contributed by atoms with Gasteiger partial charge in [-0.25, -0.2) is 0 Å². The zero-order valence-electron chi connectivity index (χ0n) is 11.4. The van der Waals surface area contributed by atoms with Gasteiger partial charge < -0.3 is 4.74 Å². The van der Waals surface area contributed by atoms with E-state index in [-0.39, 0.29) is 5.41 Å². The molecule has 1 aromatic heterocycles. The van der Waals surface area contributed by atoms with Crippen molar-refractivity contribution in [1.82, 2.24) is 4.98 Å². The van der Waals surface area contributed by atoms with E-state index in [0.717, 1.165) is 26.1 Å². The van der Waals surface area contributed by atoms with E-state index < -0.39 is 0 Å². The summed E-state index contributed by atoms with van der Waals surface area (Å²) in [4.78, 5) is 4.55. The minimum atomic E-state index is 0.211. The second-order valence-electron chi connectivity index (χ2n) is 6.19. The summed E-state index contributed by atoms with van der Waals surface area (Å²) in [6.07, 6.45) is 4.02. The van der Waals surface area contributed by atoms with Crippen molar-refractivity contribution in [1.29, 1.82) is 0 Å². The molecule has 1 aliphatic heterocycles. The molecule has 2 heterocycles. The van der Waals surface area contributed by atoms with Crippen LogP contribution in [0.5, 0.6) is 0 Å². The fourth-order valence-electron chi connectivity index (χ4n) is 3.01. The van der Waals surface area contributed by atoms with Crippen LogP contribution in [0.3, 0.4) is 0 Å². The van der Waals surface area contributed by atoms with E-state index in [1.54, 1.807) is 6.20 Å². The van der Waals surface area contributed by atoms with Gasteiger partial charge in [0.15, 0.2) is 0 Å². The molecule has 0 aromatic carbocycles. The Morgan fingerprint density at radius 2 is 1.94 bits per heavy atom. The Hall–Kier alpha value is -0.600. The van der Waals surface area contributed by atoms with Gasteiger partial charge in [-0.15, -0.1) is 0 Å². The summed E-state index contributed by atoms with van der Waals surface area (Å²) >= 11 is 5.93. The SMILES string of the molecule is CC(C)(C)[C@H](c1ccc(Cl)cn1)C1CCOCC1. The topological polar surface area (TPSA) is 22.1 Å². The Morgan fingerprint density at radius 3 is 2.44 bits per heavy atom. The van der Waals surface area contributed by atoms with Gasteiger partial charge in [-0.05, 0) is 36.3 Å². The van der Waals surface area contributed by atoms with Crippen LogP contribution in [0.25, 0.3) is 0 Å². The molecule has 18 heavy (non-hydrogen) atoms. The van der Waals surface area contributed by atoms with Crippen LogP contribution in [-0.4, -0.2) is 18.2 Å². The normalized spacial score (nSPS) is 19.8. The molecule has 100 valence electrons. The second-order valence-corrected chi connectivity index (χ2v) is 6.63. The van der Waals surface area contributed by atoms with Crippen molar-refractivity contribution in [2.75, 3.05) is 13.2 Å². The molecule has 0 unspecified atom stereocenters. The first-order valence-corrected chi connectivity index (χ1v) is 7.05. The van der Waals surface area contributed by atoms with Crippen molar-refractivity contribution in [3.63, 3.8) is 0 Å². The van der Waals surface area contributed by atoms with Crippen molar-refractivity contribution in [3.05, 3.63) is 29.0 Å². The van der Waals surface area contributed by atoms with Crippen molar-refractivity contribution < 1.29 is 4.74 Å². The molecule has 2 rings (SSSR count). The predicted molar refractivity (Wildman–Crippen MR) is 75.0 cm³/mol. The molecular formula is C15H22ClNO. The molecule has 0 bridgehead atoms. The van der Waals surface area contributed by atoms with Gasteiger partial charge in [-0.3, -0.25) is 4.98 Å². The summed E-state index contributed by atoms with van der Waals surface area (Å²) in [5.41, 5.74) is 1.38. The smallest absolute Gasteiger partial charge is 0.0589 e. The van der Waals surface area contributed by atoms with E-state index in [0.29, 0.717) is 16.9 Å². The molecule has 0 amide bonds. The fourth-order valence-corrected chi connectivity index (χ4v) is 3.12. The molecule has 0 saturated carbocycles. The Labute approximate surface area is 115 Å². The lowest BCUT2D eigenvalue weighted by Crippen LogP contribution is -2.31. The van der Waals surface area contributed by atoms with Gasteiger partial charge >= 0.3 is 0 Å². The third-order valence-corrected chi connectivity index (χ3v) is 3.96. The lowest BCUT2D eigenvalue weighted by atomic mass is 9.69. The molecule has 0 spiro atoms. The first-order chi connectivity index (χ1) is 8.48. The molecule has 1 aliphatic rings. The molecule has 0 radical (unpaired) electrons. The highest BCUT2D eigenvalue weighted by Crippen LogP contribution is 2.43. The van der Waals surface area contributed by atoms with Gasteiger partial charge in [0.25, 0.3) is 0 Å². The first-order valence-electron chi connectivity index (χ1n) is 6.67. The number of pyridine rings is 1. The number of hydrogen-bond donors (Lipinski definition) is 0. The van der Waals surface area contributed by atoms with Crippen LogP contribution in [-0.2, 0) is 4.74 Å². The molecule has 0 N–H and O–H groups in total. The molecular weight excluding hydrogens is 246 g/mol. The van der Waals surface area contributed by atoms with Crippen molar-refractivity contribution in [2.45, 2.75) is 39.5 Å². The van der Waals surface area contributed by atoms with Gasteiger partial charge in [-0.1, -0.05) is 32.4 Å². The van der Waals surface area contributed by atoms with Crippen molar-refractivity contribution in [3.8, 4) is 0 Å². The molecule has 3 heteroatoms. The highest BCUT2D eigenvalue weighted by Gasteiger charge is 2.35. The van der Waals surface area contributed by atoms with Crippen molar-refractivity contribution >= 4 is 11.6 Å². The third kappa shape index (κ3) is 3.24. The lowest BCUT2D eigenvalue weighted by Gasteiger charge is -2.38. The van der Waals surface area contributed by atoms with E-state index in [9.17, 15) is 0 Å². The maximum Gasteiger partial charge on any atom is 0.0589 e. The molecule has 1 fully saturated rings. The van der Waals surface area contributed by atoms with Gasteiger partial charge in [0.1, 0.15) is 0 Å². The Balaban J connectivity index is 2.27. The number of aromatic nitrogens is 1. The second kappa shape index (κ2) is 5.58. The zero-order chi connectivity index (χ0) is 13.2. The fraction of sp³-hybridized carbons (Fsp3) is 0.667. The van der Waals surface area contributed by atoms with Crippen LogP contribution in [0.1, 0.15) is 45.2 Å². The van der Waals surface area contributed by atoms with Crippen LogP contribution in [0, 0.1) is 11.3 Å². The van der Waals surface area contributed by atoms with Gasteiger partial charge in [0.05, 0.1) is 5.02 Å². The van der Waals surface area contributed by atoms with Crippen LogP contribution < -0.4 is 0 Å². The maximum absolute atomic E-state index is 5.93. The maximum atomic E-state index is 5.93. The van der Waals surface area contributed by atoms with E-state index in [1.165, 1.54) is 5.69 Å². The number of rotatable bonds is 2. The van der Waals surface area contributed by atoms with Gasteiger partial charge in [-0.2, -0.15) is 0 Å². The predicted octanol–water partition coefficient (Wildman–Crippen LogP) is 4.29. The molecule has 1 aromatic rings. The van der Waals surface area contributed by atoms with E-state index in [2.05, 4.69) is 31.8 Å². The quantitative estimate of drug-likeness (QED) is 0.797. The minimum Gasteiger partial charge on any atom is -0.381 e. The average Bonchev–Trinajstić information content (AvgIpc) is 2.32. The van der Waals surface area contributed by atoms with Crippen LogP contribution >= 0.6 is 11.6 Å². The molecule has 1 atom stereocenters. The van der Waals surface area contributed by atoms with Crippen LogP contribution in [0.4, 0.5) is 0 Å². The summed E-state index contributed by atoms with van der Waals surface area (Å²) in [6, 6.07) is 4.02. The van der Waals surface area contributed by atoms with E-state index >= 15 is 0 Å². The van der Waals surface area contributed by atoms with Gasteiger partial charge in [0.2, 0.25) is 0 Å². The largest absolute Gasteiger partial charge is 0.381 e. The summed E-state index contributed by atoms with van der Waals surface area (Å²) in [7, 11) is 0. The van der Waals surface area contributed by atoms with E-state index in [4.69, 9.17) is 16.3 Å².